The molecule has 5 aromatic carbocycles. The quantitative estimate of drug-likeness (QED) is 0.0986. The molecule has 266 valence electrons. The average Bonchev–Trinajstić information content (AvgIpc) is 3.63. The van der Waals surface area contributed by atoms with Gasteiger partial charge in [-0.25, -0.2) is 24.2 Å². The molecule has 5 atom stereocenters. The smallest absolute Gasteiger partial charge is 0.338 e. The van der Waals surface area contributed by atoms with Crippen LogP contribution in [0.5, 0.6) is 0 Å². The van der Waals surface area contributed by atoms with E-state index >= 15 is 0 Å². The first kappa shape index (κ1) is 35.2. The topological polar surface area (TPSA) is 140 Å². The summed E-state index contributed by atoms with van der Waals surface area (Å²) in [6, 6.07) is 40.0. The molecule has 1 fully saturated rings. The molecule has 6 aromatic rings. The van der Waals surface area contributed by atoms with Crippen LogP contribution in [0, 0.1) is 0 Å². The number of benzene rings is 5. The Labute approximate surface area is 307 Å². The Kier molecular flexibility index (Phi) is 10.9. The lowest BCUT2D eigenvalue weighted by Crippen LogP contribution is -2.61. The summed E-state index contributed by atoms with van der Waals surface area (Å²) in [4.78, 5) is 58.9. The van der Waals surface area contributed by atoms with E-state index in [1.807, 2.05) is 6.07 Å². The van der Waals surface area contributed by atoms with Crippen LogP contribution in [0.2, 0.25) is 0 Å². The maximum atomic E-state index is 13.8. The zero-order chi connectivity index (χ0) is 36.6. The van der Waals surface area contributed by atoms with Gasteiger partial charge in [0, 0.05) is 0 Å². The van der Waals surface area contributed by atoms with Gasteiger partial charge in [0.05, 0.1) is 22.3 Å². The third-order valence-electron chi connectivity index (χ3n) is 8.23. The van der Waals surface area contributed by atoms with Crippen molar-refractivity contribution in [3.8, 4) is 0 Å². The van der Waals surface area contributed by atoms with Gasteiger partial charge in [-0.05, 0) is 72.4 Å². The van der Waals surface area contributed by atoms with Crippen LogP contribution < -0.4 is 0 Å². The largest absolute Gasteiger partial charge is 0.459 e. The number of esters is 4. The molecule has 53 heavy (non-hydrogen) atoms. The van der Waals surface area contributed by atoms with Crippen LogP contribution >= 0.6 is 11.8 Å². The fourth-order valence-electron chi connectivity index (χ4n) is 5.62. The van der Waals surface area contributed by atoms with Gasteiger partial charge in [-0.1, -0.05) is 84.9 Å². The first-order chi connectivity index (χ1) is 25.9. The molecular formula is C41H31NO10S. The van der Waals surface area contributed by atoms with Crippen molar-refractivity contribution in [2.45, 2.75) is 35.1 Å². The number of fused-ring (bicyclic) bond motifs is 1. The predicted octanol–water partition coefficient (Wildman–Crippen LogP) is 7.18. The first-order valence-electron chi connectivity index (χ1n) is 16.6. The summed E-state index contributed by atoms with van der Waals surface area (Å²) >= 11 is 0.964. The minimum Gasteiger partial charge on any atom is -0.459 e. The van der Waals surface area contributed by atoms with E-state index in [1.165, 1.54) is 0 Å². The highest BCUT2D eigenvalue weighted by molar-refractivity contribution is 7.99. The highest BCUT2D eigenvalue weighted by Crippen LogP contribution is 2.39. The normalized spacial score (nSPS) is 19.5. The van der Waals surface area contributed by atoms with Gasteiger partial charge in [0.15, 0.2) is 29.3 Å². The molecule has 0 spiro atoms. The number of ether oxygens (including phenoxy) is 5. The molecule has 0 bridgehead atoms. The van der Waals surface area contributed by atoms with Crippen molar-refractivity contribution in [3.63, 3.8) is 0 Å². The molecule has 0 amide bonds. The molecule has 12 heteroatoms. The Bertz CT molecular complexity index is 2150. The standard InChI is InChI=1S/C41H31NO10S/c43-36(26-15-5-1-6-16-26)47-25-32-33(50-37(44)27-17-7-2-8-18-27)34(51-38(45)28-19-9-3-10-20-28)35(52-39(46)29-21-11-4-12-22-29)40(48-32)53-41-42-30-23-13-14-24-31(30)49-41/h1-24,32-35,40H,25H2/t32-,33-,34+,35+,40-/m1/s1. The van der Waals surface area contributed by atoms with Gasteiger partial charge in [-0.15, -0.1) is 0 Å². The number of nitrogens with zero attached hydrogens (tertiary/aromatic N) is 1. The first-order valence-corrected chi connectivity index (χ1v) is 17.5. The van der Waals surface area contributed by atoms with Crippen molar-refractivity contribution in [1.82, 2.24) is 4.98 Å². The van der Waals surface area contributed by atoms with Gasteiger partial charge in [0.1, 0.15) is 18.2 Å². The highest BCUT2D eigenvalue weighted by Gasteiger charge is 2.54. The van der Waals surface area contributed by atoms with Crippen molar-refractivity contribution in [3.05, 3.63) is 168 Å². The lowest BCUT2D eigenvalue weighted by molar-refractivity contribution is -0.207. The summed E-state index contributed by atoms with van der Waals surface area (Å²) in [5.41, 5.74) is 0.758. The van der Waals surface area contributed by atoms with Gasteiger partial charge in [0.2, 0.25) is 0 Å². The summed E-state index contributed by atoms with van der Waals surface area (Å²) in [7, 11) is 0. The monoisotopic (exact) mass is 729 g/mol. The number of carbonyl (C=O) groups excluding carboxylic acids is 4. The van der Waals surface area contributed by atoms with E-state index in [0.29, 0.717) is 11.1 Å². The van der Waals surface area contributed by atoms with Gasteiger partial charge >= 0.3 is 23.9 Å². The molecular weight excluding hydrogens is 699 g/mol. The maximum absolute atomic E-state index is 13.8. The van der Waals surface area contributed by atoms with Crippen LogP contribution in [0.4, 0.5) is 0 Å². The van der Waals surface area contributed by atoms with E-state index < -0.39 is 60.3 Å². The van der Waals surface area contributed by atoms with E-state index in [2.05, 4.69) is 4.98 Å². The second-order valence-electron chi connectivity index (χ2n) is 11.8. The van der Waals surface area contributed by atoms with Gasteiger partial charge in [0.25, 0.3) is 5.22 Å². The summed E-state index contributed by atoms with van der Waals surface area (Å²) in [6.07, 6.45) is -5.59. The van der Waals surface area contributed by atoms with E-state index in [-0.39, 0.29) is 27.5 Å². The number of aromatic nitrogens is 1. The van der Waals surface area contributed by atoms with Crippen LogP contribution in [0.1, 0.15) is 41.4 Å². The van der Waals surface area contributed by atoms with E-state index in [4.69, 9.17) is 28.1 Å². The molecule has 1 saturated heterocycles. The highest BCUT2D eigenvalue weighted by atomic mass is 32.2. The molecule has 11 nitrogen and oxygen atoms in total. The van der Waals surface area contributed by atoms with Crippen LogP contribution in [-0.4, -0.2) is 65.3 Å². The minimum absolute atomic E-state index is 0.157. The van der Waals surface area contributed by atoms with E-state index in [9.17, 15) is 19.2 Å². The van der Waals surface area contributed by atoms with Crippen molar-refractivity contribution >= 4 is 46.7 Å². The van der Waals surface area contributed by atoms with E-state index in [0.717, 1.165) is 11.8 Å². The molecule has 0 saturated carbocycles. The number of rotatable bonds is 11. The molecule has 1 aliphatic rings. The molecule has 0 radical (unpaired) electrons. The van der Waals surface area contributed by atoms with Crippen molar-refractivity contribution in [1.29, 1.82) is 0 Å². The van der Waals surface area contributed by atoms with Crippen LogP contribution in [0.3, 0.4) is 0 Å². The molecule has 1 aliphatic heterocycles. The summed E-state index contributed by atoms with van der Waals surface area (Å²) in [5, 5.41) is 0.157. The number of carbonyl (C=O) groups is 4. The fraction of sp³-hybridized carbons (Fsp3) is 0.146. The molecule has 0 unspecified atom stereocenters. The fourth-order valence-corrected chi connectivity index (χ4v) is 6.65. The van der Waals surface area contributed by atoms with Gasteiger partial charge in [-0.2, -0.15) is 0 Å². The Hall–Kier alpha value is -6.24. The second-order valence-corrected chi connectivity index (χ2v) is 12.8. The molecule has 1 aromatic heterocycles. The van der Waals surface area contributed by atoms with Gasteiger partial charge in [-0.3, -0.25) is 0 Å². The summed E-state index contributed by atoms with van der Waals surface area (Å²) in [5.74, 6) is -2.99. The number of hydrogen-bond donors (Lipinski definition) is 0. The van der Waals surface area contributed by atoms with Crippen molar-refractivity contribution in [2.75, 3.05) is 6.61 Å². The van der Waals surface area contributed by atoms with Crippen LogP contribution in [0.15, 0.2) is 155 Å². The van der Waals surface area contributed by atoms with Crippen LogP contribution in [-0.2, 0) is 23.7 Å². The molecule has 2 heterocycles. The van der Waals surface area contributed by atoms with Crippen molar-refractivity contribution in [2.24, 2.45) is 0 Å². The Morgan fingerprint density at radius 1 is 0.528 bits per heavy atom. The van der Waals surface area contributed by atoms with Gasteiger partial charge < -0.3 is 28.1 Å². The minimum atomic E-state index is -1.49. The predicted molar refractivity (Wildman–Crippen MR) is 192 cm³/mol. The zero-order valence-electron chi connectivity index (χ0n) is 27.9. The van der Waals surface area contributed by atoms with Crippen LogP contribution in [0.25, 0.3) is 11.1 Å². The summed E-state index contributed by atoms with van der Waals surface area (Å²) < 4.78 is 36.6. The average molecular weight is 730 g/mol. The molecule has 0 aliphatic carbocycles. The summed E-state index contributed by atoms with van der Waals surface area (Å²) in [6.45, 7) is -0.441. The Morgan fingerprint density at radius 2 is 0.962 bits per heavy atom. The lowest BCUT2D eigenvalue weighted by atomic mass is 9.98. The number of oxazole rings is 1. The number of hydrogen-bond acceptors (Lipinski definition) is 12. The maximum Gasteiger partial charge on any atom is 0.338 e. The molecule has 7 rings (SSSR count). The zero-order valence-corrected chi connectivity index (χ0v) is 28.7. The SMILES string of the molecule is O=C(OC[C@H]1O[C@H](Sc2nc3ccccc3o2)[C@@H](OC(=O)c2ccccc2)[C@@H](OC(=O)c2ccccc2)[C@@H]1OC(=O)c1ccccc1)c1ccccc1. The second kappa shape index (κ2) is 16.4. The number of para-hydroxylation sites is 2. The Balaban J connectivity index is 1.30. The van der Waals surface area contributed by atoms with E-state index in [1.54, 1.807) is 140 Å². The number of thioether (sulfide) groups is 1. The lowest BCUT2D eigenvalue weighted by Gasteiger charge is -2.44. The molecule has 0 N–H and O–H groups in total. The third-order valence-corrected chi connectivity index (χ3v) is 9.22. The Morgan fingerprint density at radius 3 is 1.47 bits per heavy atom. The van der Waals surface area contributed by atoms with Crippen molar-refractivity contribution < 1.29 is 47.3 Å². The third kappa shape index (κ3) is 8.46.